The molecule has 3 heterocycles. The Bertz CT molecular complexity index is 1300. The Morgan fingerprint density at radius 3 is 2.52 bits per heavy atom. The Morgan fingerprint density at radius 2 is 1.76 bits per heavy atom. The molecule has 4 aromatic rings. The second-order valence-electron chi connectivity index (χ2n) is 9.06. The average molecular weight is 443 g/mol. The lowest BCUT2D eigenvalue weighted by atomic mass is 10.00. The molecule has 0 amide bonds. The summed E-state index contributed by atoms with van der Waals surface area (Å²) < 4.78 is 1.84. The average Bonchev–Trinajstić information content (AvgIpc) is 3.10. The maximum absolute atomic E-state index is 13.5. The first kappa shape index (κ1) is 21.5. The van der Waals surface area contributed by atoms with Crippen LogP contribution >= 0.6 is 0 Å². The van der Waals surface area contributed by atoms with Crippen molar-refractivity contribution in [2.24, 2.45) is 0 Å². The van der Waals surface area contributed by atoms with Crippen LogP contribution in [0.5, 0.6) is 0 Å². The van der Waals surface area contributed by atoms with E-state index < -0.39 is 0 Å². The van der Waals surface area contributed by atoms with E-state index in [-0.39, 0.29) is 11.6 Å². The molecule has 1 aliphatic heterocycles. The highest BCUT2D eigenvalue weighted by Gasteiger charge is 2.31. The minimum absolute atomic E-state index is 0.0697. The number of aromatic nitrogens is 5. The van der Waals surface area contributed by atoms with Crippen molar-refractivity contribution in [1.82, 2.24) is 30.1 Å². The van der Waals surface area contributed by atoms with Gasteiger partial charge in [0.05, 0.1) is 12.1 Å². The van der Waals surface area contributed by atoms with E-state index in [1.54, 1.807) is 0 Å². The number of hydrogen-bond donors (Lipinski definition) is 1. The zero-order chi connectivity index (χ0) is 22.8. The van der Waals surface area contributed by atoms with Crippen molar-refractivity contribution in [1.29, 1.82) is 0 Å². The molecule has 0 saturated carbocycles. The summed E-state index contributed by atoms with van der Waals surface area (Å²) in [5.74, 6) is 0.717. The molecule has 7 heteroatoms. The first-order valence-corrected chi connectivity index (χ1v) is 11.8. The number of H-pyrrole nitrogens is 1. The minimum atomic E-state index is -0.295. The summed E-state index contributed by atoms with van der Waals surface area (Å²) in [6, 6.07) is 16.1. The molecule has 1 atom stereocenters. The number of rotatable bonds is 5. The van der Waals surface area contributed by atoms with Gasteiger partial charge in [-0.25, -0.2) is 4.68 Å². The highest BCUT2D eigenvalue weighted by Crippen LogP contribution is 2.30. The smallest absolute Gasteiger partial charge is 0.253 e. The molecule has 7 nitrogen and oxygen atoms in total. The SMILES string of the molecule is Cc1ccc2cc(C(c3nnnn3Cc3ccccc3)N3CCCCCC3)c(=O)[nH]c2c1C. The summed E-state index contributed by atoms with van der Waals surface area (Å²) in [4.78, 5) is 19.0. The minimum Gasteiger partial charge on any atom is -0.321 e. The third kappa shape index (κ3) is 4.33. The third-order valence-electron chi connectivity index (χ3n) is 6.86. The zero-order valence-corrected chi connectivity index (χ0v) is 19.3. The van der Waals surface area contributed by atoms with Crippen LogP contribution in [0.3, 0.4) is 0 Å². The van der Waals surface area contributed by atoms with Crippen LogP contribution in [0.25, 0.3) is 10.9 Å². The van der Waals surface area contributed by atoms with Gasteiger partial charge in [-0.15, -0.1) is 5.10 Å². The standard InChI is InChI=1S/C26H30N6O/c1-18-12-13-21-16-22(26(33)27-23(21)19(18)2)24(31-14-8-3-4-9-15-31)25-28-29-30-32(25)17-20-10-6-5-7-11-20/h5-7,10-13,16,24H,3-4,8-9,14-15,17H2,1-2H3,(H,27,33). The Kier molecular flexibility index (Phi) is 6.05. The van der Waals surface area contributed by atoms with E-state index >= 15 is 0 Å². The van der Waals surface area contributed by atoms with Crippen molar-refractivity contribution >= 4 is 10.9 Å². The summed E-state index contributed by atoms with van der Waals surface area (Å²) in [5.41, 5.74) is 4.94. The van der Waals surface area contributed by atoms with Gasteiger partial charge in [0.15, 0.2) is 5.82 Å². The molecule has 0 bridgehead atoms. The Hall–Kier alpha value is -3.32. The number of aryl methyl sites for hydroxylation is 2. The fraction of sp³-hybridized carbons (Fsp3) is 0.385. The predicted molar refractivity (Wildman–Crippen MR) is 129 cm³/mol. The number of nitrogens with zero attached hydrogens (tertiary/aromatic N) is 5. The Balaban J connectivity index is 1.64. The second-order valence-corrected chi connectivity index (χ2v) is 9.06. The van der Waals surface area contributed by atoms with E-state index in [0.717, 1.165) is 53.8 Å². The van der Waals surface area contributed by atoms with Crippen LogP contribution < -0.4 is 5.56 Å². The van der Waals surface area contributed by atoms with Crippen molar-refractivity contribution in [2.45, 2.75) is 52.1 Å². The highest BCUT2D eigenvalue weighted by molar-refractivity contribution is 5.83. The molecule has 0 aliphatic carbocycles. The van der Waals surface area contributed by atoms with Gasteiger partial charge in [-0.3, -0.25) is 9.69 Å². The van der Waals surface area contributed by atoms with Crippen LogP contribution in [0.2, 0.25) is 0 Å². The van der Waals surface area contributed by atoms with E-state index in [4.69, 9.17) is 0 Å². The number of tetrazole rings is 1. The lowest BCUT2D eigenvalue weighted by Gasteiger charge is -2.29. The summed E-state index contributed by atoms with van der Waals surface area (Å²) in [7, 11) is 0. The molecule has 1 unspecified atom stereocenters. The van der Waals surface area contributed by atoms with E-state index in [1.807, 2.05) is 28.9 Å². The molecule has 1 N–H and O–H groups in total. The molecule has 0 spiro atoms. The van der Waals surface area contributed by atoms with Gasteiger partial charge in [-0.1, -0.05) is 55.3 Å². The van der Waals surface area contributed by atoms with E-state index in [2.05, 4.69) is 63.5 Å². The van der Waals surface area contributed by atoms with Crippen LogP contribution in [0.15, 0.2) is 53.3 Å². The molecule has 2 aromatic heterocycles. The van der Waals surface area contributed by atoms with E-state index in [1.165, 1.54) is 18.4 Å². The lowest BCUT2D eigenvalue weighted by Crippen LogP contribution is -2.36. The topological polar surface area (TPSA) is 79.7 Å². The molecule has 5 rings (SSSR count). The molecule has 1 saturated heterocycles. The van der Waals surface area contributed by atoms with Crippen molar-refractivity contribution in [3.63, 3.8) is 0 Å². The van der Waals surface area contributed by atoms with Crippen molar-refractivity contribution in [3.8, 4) is 0 Å². The van der Waals surface area contributed by atoms with Crippen LogP contribution in [0.1, 0.15) is 59.8 Å². The molecular formula is C26H30N6O. The lowest BCUT2D eigenvalue weighted by molar-refractivity contribution is 0.220. The van der Waals surface area contributed by atoms with Gasteiger partial charge in [-0.2, -0.15) is 0 Å². The molecule has 0 radical (unpaired) electrons. The summed E-state index contributed by atoms with van der Waals surface area (Å²) in [6.07, 6.45) is 4.65. The monoisotopic (exact) mass is 442 g/mol. The molecule has 1 aliphatic rings. The number of aromatic amines is 1. The molecule has 33 heavy (non-hydrogen) atoms. The number of likely N-dealkylation sites (tertiary alicyclic amines) is 1. The van der Waals surface area contributed by atoms with E-state index in [0.29, 0.717) is 12.1 Å². The second kappa shape index (κ2) is 9.27. The first-order chi connectivity index (χ1) is 16.1. The van der Waals surface area contributed by atoms with Gasteiger partial charge in [0.1, 0.15) is 6.04 Å². The summed E-state index contributed by atoms with van der Waals surface area (Å²) in [6.45, 7) is 6.54. The van der Waals surface area contributed by atoms with Gasteiger partial charge in [0.25, 0.3) is 5.56 Å². The van der Waals surface area contributed by atoms with Crippen LogP contribution in [-0.4, -0.2) is 43.2 Å². The normalized spacial score (nSPS) is 16.1. The Morgan fingerprint density at radius 1 is 1.00 bits per heavy atom. The third-order valence-corrected chi connectivity index (χ3v) is 6.86. The number of fused-ring (bicyclic) bond motifs is 1. The fourth-order valence-electron chi connectivity index (χ4n) is 4.87. The van der Waals surface area contributed by atoms with Gasteiger partial charge in [-0.05, 0) is 78.3 Å². The summed E-state index contributed by atoms with van der Waals surface area (Å²) >= 11 is 0. The summed E-state index contributed by atoms with van der Waals surface area (Å²) in [5, 5.41) is 13.8. The number of pyridine rings is 1. The van der Waals surface area contributed by atoms with Crippen molar-refractivity contribution in [2.75, 3.05) is 13.1 Å². The van der Waals surface area contributed by atoms with Crippen LogP contribution in [0, 0.1) is 13.8 Å². The maximum atomic E-state index is 13.5. The van der Waals surface area contributed by atoms with Crippen LogP contribution in [-0.2, 0) is 6.54 Å². The number of benzene rings is 2. The van der Waals surface area contributed by atoms with Gasteiger partial charge in [0, 0.05) is 5.56 Å². The maximum Gasteiger partial charge on any atom is 0.253 e. The number of hydrogen-bond acceptors (Lipinski definition) is 5. The van der Waals surface area contributed by atoms with Gasteiger partial charge in [0.2, 0.25) is 0 Å². The first-order valence-electron chi connectivity index (χ1n) is 11.8. The fourth-order valence-corrected chi connectivity index (χ4v) is 4.87. The Labute approximate surface area is 193 Å². The molecular weight excluding hydrogens is 412 g/mol. The predicted octanol–water partition coefficient (Wildman–Crippen LogP) is 4.15. The van der Waals surface area contributed by atoms with Crippen molar-refractivity contribution < 1.29 is 0 Å². The highest BCUT2D eigenvalue weighted by atomic mass is 16.1. The number of nitrogens with one attached hydrogen (secondary N) is 1. The molecule has 2 aromatic carbocycles. The van der Waals surface area contributed by atoms with E-state index in [9.17, 15) is 4.79 Å². The van der Waals surface area contributed by atoms with Crippen molar-refractivity contribution in [3.05, 3.63) is 87.0 Å². The van der Waals surface area contributed by atoms with Crippen LogP contribution in [0.4, 0.5) is 0 Å². The zero-order valence-electron chi connectivity index (χ0n) is 19.3. The molecule has 1 fully saturated rings. The molecule has 170 valence electrons. The van der Waals surface area contributed by atoms with Gasteiger partial charge >= 0.3 is 0 Å². The van der Waals surface area contributed by atoms with Gasteiger partial charge < -0.3 is 4.98 Å². The quantitative estimate of drug-likeness (QED) is 0.502. The largest absolute Gasteiger partial charge is 0.321 e.